The molecule has 5 nitrogen and oxygen atoms in total. The van der Waals surface area contributed by atoms with Crippen molar-refractivity contribution in [2.24, 2.45) is 0 Å². The molecular formula is C14H16FN3O2. The second-order valence-corrected chi connectivity index (χ2v) is 4.41. The summed E-state index contributed by atoms with van der Waals surface area (Å²) in [5.74, 6) is -0.945. The van der Waals surface area contributed by atoms with Gasteiger partial charge in [0.2, 0.25) is 0 Å². The van der Waals surface area contributed by atoms with Crippen molar-refractivity contribution in [2.45, 2.75) is 13.0 Å². The first-order valence-corrected chi connectivity index (χ1v) is 6.51. The maximum absolute atomic E-state index is 13.7. The fraction of sp³-hybridized carbons (Fsp3) is 0.429. The maximum atomic E-state index is 13.7. The molecule has 0 saturated carbocycles. The van der Waals surface area contributed by atoms with Crippen molar-refractivity contribution in [3.63, 3.8) is 0 Å². The van der Waals surface area contributed by atoms with Crippen molar-refractivity contribution in [1.29, 1.82) is 5.26 Å². The van der Waals surface area contributed by atoms with Crippen LogP contribution in [0.25, 0.3) is 0 Å². The number of hydrogen-bond acceptors (Lipinski definition) is 5. The zero-order valence-corrected chi connectivity index (χ0v) is 11.2. The molecule has 6 heteroatoms. The lowest BCUT2D eigenvalue weighted by atomic mass is 10.1. The lowest BCUT2D eigenvalue weighted by molar-refractivity contribution is -0.144. The number of piperazine rings is 1. The van der Waals surface area contributed by atoms with E-state index in [1.54, 1.807) is 17.9 Å². The van der Waals surface area contributed by atoms with Crippen LogP contribution in [0.2, 0.25) is 0 Å². The largest absolute Gasteiger partial charge is 0.464 e. The predicted molar refractivity (Wildman–Crippen MR) is 71.8 cm³/mol. The Morgan fingerprint density at radius 3 is 3.15 bits per heavy atom. The number of anilines is 1. The fourth-order valence-corrected chi connectivity index (χ4v) is 2.30. The number of carbonyl (C=O) groups excluding carboxylic acids is 1. The number of rotatable bonds is 3. The topological polar surface area (TPSA) is 65.4 Å². The van der Waals surface area contributed by atoms with E-state index in [1.165, 1.54) is 12.1 Å². The Morgan fingerprint density at radius 2 is 2.45 bits per heavy atom. The van der Waals surface area contributed by atoms with E-state index in [-0.39, 0.29) is 18.1 Å². The molecule has 1 unspecified atom stereocenters. The SMILES string of the molecule is CCOC(=O)C1CNCCN1c1cccc(F)c1C#N. The molecule has 0 radical (unpaired) electrons. The summed E-state index contributed by atoms with van der Waals surface area (Å²) in [5.41, 5.74) is 0.399. The third-order valence-corrected chi connectivity index (χ3v) is 3.21. The van der Waals surface area contributed by atoms with Crippen LogP contribution in [0.1, 0.15) is 12.5 Å². The molecule has 1 atom stereocenters. The molecule has 1 N–H and O–H groups in total. The average molecular weight is 277 g/mol. The smallest absolute Gasteiger partial charge is 0.330 e. The molecule has 1 aromatic rings. The third-order valence-electron chi connectivity index (χ3n) is 3.21. The summed E-state index contributed by atoms with van der Waals surface area (Å²) in [4.78, 5) is 13.7. The summed E-state index contributed by atoms with van der Waals surface area (Å²) >= 11 is 0. The van der Waals surface area contributed by atoms with Gasteiger partial charge in [-0.25, -0.2) is 9.18 Å². The van der Waals surface area contributed by atoms with Gasteiger partial charge in [0.05, 0.1) is 12.3 Å². The van der Waals surface area contributed by atoms with Crippen LogP contribution in [-0.4, -0.2) is 38.3 Å². The number of halogens is 1. The van der Waals surface area contributed by atoms with Crippen LogP contribution in [0, 0.1) is 17.1 Å². The van der Waals surface area contributed by atoms with Crippen molar-refractivity contribution >= 4 is 11.7 Å². The van der Waals surface area contributed by atoms with Crippen LogP contribution in [0.15, 0.2) is 18.2 Å². The van der Waals surface area contributed by atoms with E-state index in [4.69, 9.17) is 10.00 Å². The van der Waals surface area contributed by atoms with Gasteiger partial charge in [-0.2, -0.15) is 5.26 Å². The second kappa shape index (κ2) is 6.35. The van der Waals surface area contributed by atoms with E-state index in [9.17, 15) is 9.18 Å². The van der Waals surface area contributed by atoms with Crippen molar-refractivity contribution < 1.29 is 13.9 Å². The molecule has 1 aliphatic rings. The minimum absolute atomic E-state index is 0.0382. The zero-order valence-electron chi connectivity index (χ0n) is 11.2. The van der Waals surface area contributed by atoms with Crippen LogP contribution < -0.4 is 10.2 Å². The molecule has 1 heterocycles. The third kappa shape index (κ3) is 2.73. The van der Waals surface area contributed by atoms with Gasteiger partial charge in [-0.05, 0) is 19.1 Å². The van der Waals surface area contributed by atoms with E-state index in [0.29, 0.717) is 25.3 Å². The second-order valence-electron chi connectivity index (χ2n) is 4.41. The summed E-state index contributed by atoms with van der Waals surface area (Å²) in [6, 6.07) is 5.75. The molecule has 1 aliphatic heterocycles. The van der Waals surface area contributed by atoms with Crippen molar-refractivity contribution in [1.82, 2.24) is 5.32 Å². The quantitative estimate of drug-likeness (QED) is 0.836. The number of nitriles is 1. The average Bonchev–Trinajstić information content (AvgIpc) is 2.47. The van der Waals surface area contributed by atoms with Gasteiger partial charge in [-0.3, -0.25) is 0 Å². The molecule has 1 aromatic carbocycles. The Kier molecular flexibility index (Phi) is 4.53. The highest BCUT2D eigenvalue weighted by molar-refractivity contribution is 5.81. The Bertz CT molecular complexity index is 542. The van der Waals surface area contributed by atoms with Crippen molar-refractivity contribution in [2.75, 3.05) is 31.1 Å². The highest BCUT2D eigenvalue weighted by atomic mass is 19.1. The number of hydrogen-bond donors (Lipinski definition) is 1. The molecule has 20 heavy (non-hydrogen) atoms. The number of nitrogens with one attached hydrogen (secondary N) is 1. The summed E-state index contributed by atoms with van der Waals surface area (Å²) in [6.45, 7) is 3.62. The molecule has 0 aromatic heterocycles. The van der Waals surface area contributed by atoms with Gasteiger partial charge >= 0.3 is 5.97 Å². The molecule has 0 spiro atoms. The number of esters is 1. The van der Waals surface area contributed by atoms with Gasteiger partial charge in [-0.15, -0.1) is 0 Å². The van der Waals surface area contributed by atoms with Gasteiger partial charge in [0.15, 0.2) is 0 Å². The first-order chi connectivity index (χ1) is 9.69. The van der Waals surface area contributed by atoms with Crippen LogP contribution in [-0.2, 0) is 9.53 Å². The Morgan fingerprint density at radius 1 is 1.65 bits per heavy atom. The number of nitrogens with zero attached hydrogens (tertiary/aromatic N) is 2. The fourth-order valence-electron chi connectivity index (χ4n) is 2.30. The van der Waals surface area contributed by atoms with Crippen LogP contribution in [0.5, 0.6) is 0 Å². The highest BCUT2D eigenvalue weighted by Gasteiger charge is 2.31. The Balaban J connectivity index is 2.36. The minimum Gasteiger partial charge on any atom is -0.464 e. The molecule has 0 bridgehead atoms. The van der Waals surface area contributed by atoms with E-state index in [0.717, 1.165) is 0 Å². The molecule has 106 valence electrons. The first kappa shape index (κ1) is 14.3. The van der Waals surface area contributed by atoms with Crippen LogP contribution in [0.4, 0.5) is 10.1 Å². The molecule has 1 fully saturated rings. The lowest BCUT2D eigenvalue weighted by Gasteiger charge is -2.36. The standard InChI is InChI=1S/C14H16FN3O2/c1-2-20-14(19)13-9-17-6-7-18(13)12-5-3-4-11(15)10(12)8-16/h3-5,13,17H,2,6-7,9H2,1H3. The minimum atomic E-state index is -0.578. The van der Waals surface area contributed by atoms with Gasteiger partial charge < -0.3 is 15.0 Å². The van der Waals surface area contributed by atoms with Gasteiger partial charge in [0.1, 0.15) is 23.5 Å². The van der Waals surface area contributed by atoms with Crippen molar-refractivity contribution in [3.8, 4) is 6.07 Å². The highest BCUT2D eigenvalue weighted by Crippen LogP contribution is 2.25. The molecule has 0 aliphatic carbocycles. The number of ether oxygens (including phenoxy) is 1. The lowest BCUT2D eigenvalue weighted by Crippen LogP contribution is -2.56. The summed E-state index contributed by atoms with van der Waals surface area (Å²) in [7, 11) is 0. The van der Waals surface area contributed by atoms with Gasteiger partial charge in [0, 0.05) is 19.6 Å². The Labute approximate surface area is 116 Å². The number of benzene rings is 1. The maximum Gasteiger partial charge on any atom is 0.330 e. The monoisotopic (exact) mass is 277 g/mol. The van der Waals surface area contributed by atoms with Crippen LogP contribution >= 0.6 is 0 Å². The van der Waals surface area contributed by atoms with Crippen LogP contribution in [0.3, 0.4) is 0 Å². The summed E-state index contributed by atoms with van der Waals surface area (Å²) in [6.07, 6.45) is 0. The van der Waals surface area contributed by atoms with E-state index >= 15 is 0 Å². The normalized spacial score (nSPS) is 18.4. The molecular weight excluding hydrogens is 261 g/mol. The zero-order chi connectivity index (χ0) is 14.5. The molecule has 0 amide bonds. The summed E-state index contributed by atoms with van der Waals surface area (Å²) < 4.78 is 18.7. The molecule has 2 rings (SSSR count). The number of carbonyl (C=O) groups is 1. The van der Waals surface area contributed by atoms with E-state index < -0.39 is 11.9 Å². The van der Waals surface area contributed by atoms with Gasteiger partial charge in [0.25, 0.3) is 0 Å². The predicted octanol–water partition coefficient (Wildman–Crippen LogP) is 1.04. The van der Waals surface area contributed by atoms with E-state index in [1.807, 2.05) is 6.07 Å². The van der Waals surface area contributed by atoms with Crippen molar-refractivity contribution in [3.05, 3.63) is 29.6 Å². The Hall–Kier alpha value is -2.13. The van der Waals surface area contributed by atoms with E-state index in [2.05, 4.69) is 5.32 Å². The first-order valence-electron chi connectivity index (χ1n) is 6.51. The molecule has 1 saturated heterocycles. The summed E-state index contributed by atoms with van der Waals surface area (Å²) in [5, 5.41) is 12.2. The van der Waals surface area contributed by atoms with Gasteiger partial charge in [-0.1, -0.05) is 6.07 Å².